The molecule has 0 atom stereocenters. The summed E-state index contributed by atoms with van der Waals surface area (Å²) in [5, 5.41) is 3.41. The van der Waals surface area contributed by atoms with Crippen molar-refractivity contribution >= 4 is 16.9 Å². The summed E-state index contributed by atoms with van der Waals surface area (Å²) in [7, 11) is 4.01. The third-order valence-electron chi connectivity index (χ3n) is 3.34. The SMILES string of the molecule is CN(C)c1ncccc1CNCc1nc2ccccc2[nH]1. The number of anilines is 1. The molecule has 108 valence electrons. The number of aromatic amines is 1. The molecule has 5 nitrogen and oxygen atoms in total. The van der Waals surface area contributed by atoms with Gasteiger partial charge in [0.25, 0.3) is 0 Å². The Balaban J connectivity index is 1.66. The smallest absolute Gasteiger partial charge is 0.132 e. The average molecular weight is 281 g/mol. The molecule has 2 N–H and O–H groups in total. The number of benzene rings is 1. The number of aromatic nitrogens is 3. The minimum absolute atomic E-state index is 0.705. The standard InChI is InChI=1S/C16H19N5/c1-21(2)16-12(6-5-9-18-16)10-17-11-15-19-13-7-3-4-8-14(13)20-15/h3-9,17H,10-11H2,1-2H3,(H,19,20). The number of hydrogen-bond donors (Lipinski definition) is 2. The number of nitrogens with one attached hydrogen (secondary N) is 2. The first-order valence-electron chi connectivity index (χ1n) is 6.99. The molecule has 0 aliphatic rings. The van der Waals surface area contributed by atoms with Gasteiger partial charge in [-0.3, -0.25) is 0 Å². The van der Waals surface area contributed by atoms with Crippen molar-refractivity contribution in [3.63, 3.8) is 0 Å². The van der Waals surface area contributed by atoms with Crippen molar-refractivity contribution in [2.24, 2.45) is 0 Å². The van der Waals surface area contributed by atoms with Crippen LogP contribution >= 0.6 is 0 Å². The first kappa shape index (κ1) is 13.6. The van der Waals surface area contributed by atoms with Crippen molar-refractivity contribution in [1.82, 2.24) is 20.3 Å². The van der Waals surface area contributed by atoms with Crippen LogP contribution in [0.15, 0.2) is 42.6 Å². The van der Waals surface area contributed by atoms with E-state index in [-0.39, 0.29) is 0 Å². The highest BCUT2D eigenvalue weighted by Crippen LogP contribution is 2.14. The first-order valence-corrected chi connectivity index (χ1v) is 6.99. The number of rotatable bonds is 5. The van der Waals surface area contributed by atoms with Crippen LogP contribution in [0, 0.1) is 0 Å². The fraction of sp³-hybridized carbons (Fsp3) is 0.250. The Bertz CT molecular complexity index is 699. The van der Waals surface area contributed by atoms with Crippen molar-refractivity contribution in [2.45, 2.75) is 13.1 Å². The van der Waals surface area contributed by atoms with E-state index in [1.807, 2.05) is 55.5 Å². The van der Waals surface area contributed by atoms with Crippen LogP contribution in [0.3, 0.4) is 0 Å². The zero-order chi connectivity index (χ0) is 14.7. The van der Waals surface area contributed by atoms with Gasteiger partial charge in [0.2, 0.25) is 0 Å². The van der Waals surface area contributed by atoms with Gasteiger partial charge in [-0.2, -0.15) is 0 Å². The molecule has 1 aromatic carbocycles. The third-order valence-corrected chi connectivity index (χ3v) is 3.34. The van der Waals surface area contributed by atoms with Gasteiger partial charge in [-0.25, -0.2) is 9.97 Å². The monoisotopic (exact) mass is 281 g/mol. The topological polar surface area (TPSA) is 56.8 Å². The molecule has 3 aromatic rings. The summed E-state index contributed by atoms with van der Waals surface area (Å²) in [5.74, 6) is 1.95. The number of pyridine rings is 1. The van der Waals surface area contributed by atoms with E-state index in [1.165, 1.54) is 5.56 Å². The molecule has 3 rings (SSSR count). The lowest BCUT2D eigenvalue weighted by Crippen LogP contribution is -2.18. The summed E-state index contributed by atoms with van der Waals surface area (Å²) in [6.07, 6.45) is 1.82. The minimum atomic E-state index is 0.705. The summed E-state index contributed by atoms with van der Waals surface area (Å²) in [6, 6.07) is 12.1. The largest absolute Gasteiger partial charge is 0.362 e. The van der Waals surface area contributed by atoms with E-state index in [2.05, 4.69) is 26.3 Å². The lowest BCUT2D eigenvalue weighted by atomic mass is 10.2. The van der Waals surface area contributed by atoms with Crippen molar-refractivity contribution < 1.29 is 0 Å². The van der Waals surface area contributed by atoms with Crippen LogP contribution in [0.5, 0.6) is 0 Å². The second-order valence-electron chi connectivity index (χ2n) is 5.18. The van der Waals surface area contributed by atoms with E-state index in [0.29, 0.717) is 6.54 Å². The van der Waals surface area contributed by atoms with Crippen LogP contribution < -0.4 is 10.2 Å². The Labute approximate surface area is 124 Å². The second kappa shape index (κ2) is 5.93. The van der Waals surface area contributed by atoms with Crippen molar-refractivity contribution in [3.05, 3.63) is 54.0 Å². The van der Waals surface area contributed by atoms with Crippen LogP contribution in [0.4, 0.5) is 5.82 Å². The molecular weight excluding hydrogens is 262 g/mol. The number of H-pyrrole nitrogens is 1. The maximum Gasteiger partial charge on any atom is 0.132 e. The zero-order valence-corrected chi connectivity index (χ0v) is 12.3. The molecule has 0 radical (unpaired) electrons. The normalized spacial score (nSPS) is 11.0. The van der Waals surface area contributed by atoms with E-state index in [4.69, 9.17) is 0 Å². The van der Waals surface area contributed by atoms with E-state index >= 15 is 0 Å². The van der Waals surface area contributed by atoms with Gasteiger partial charge in [0.1, 0.15) is 11.6 Å². The van der Waals surface area contributed by atoms with Gasteiger partial charge in [-0.05, 0) is 18.2 Å². The third kappa shape index (κ3) is 3.03. The highest BCUT2D eigenvalue weighted by molar-refractivity contribution is 5.74. The van der Waals surface area contributed by atoms with Crippen LogP contribution in [0.1, 0.15) is 11.4 Å². The Morgan fingerprint density at radius 1 is 1.10 bits per heavy atom. The van der Waals surface area contributed by atoms with E-state index < -0.39 is 0 Å². The van der Waals surface area contributed by atoms with E-state index in [9.17, 15) is 0 Å². The van der Waals surface area contributed by atoms with Crippen LogP contribution in [-0.2, 0) is 13.1 Å². The first-order chi connectivity index (χ1) is 10.2. The Hall–Kier alpha value is -2.40. The highest BCUT2D eigenvalue weighted by atomic mass is 15.1. The number of fused-ring (bicyclic) bond motifs is 1. The molecule has 0 saturated carbocycles. The minimum Gasteiger partial charge on any atom is -0.362 e. The molecule has 2 heterocycles. The van der Waals surface area contributed by atoms with Crippen molar-refractivity contribution in [3.8, 4) is 0 Å². The van der Waals surface area contributed by atoms with Gasteiger partial charge in [0, 0.05) is 32.4 Å². The van der Waals surface area contributed by atoms with Gasteiger partial charge >= 0.3 is 0 Å². The van der Waals surface area contributed by atoms with Crippen molar-refractivity contribution in [2.75, 3.05) is 19.0 Å². The Morgan fingerprint density at radius 3 is 2.76 bits per heavy atom. The van der Waals surface area contributed by atoms with E-state index in [1.54, 1.807) is 0 Å². The average Bonchev–Trinajstić information content (AvgIpc) is 2.90. The summed E-state index contributed by atoms with van der Waals surface area (Å²) >= 11 is 0. The number of imidazole rings is 1. The summed E-state index contributed by atoms with van der Waals surface area (Å²) in [4.78, 5) is 14.3. The quantitative estimate of drug-likeness (QED) is 0.753. The lowest BCUT2D eigenvalue weighted by Gasteiger charge is -2.15. The molecule has 2 aromatic heterocycles. The maximum absolute atomic E-state index is 4.56. The van der Waals surface area contributed by atoms with Crippen LogP contribution in [0.25, 0.3) is 11.0 Å². The fourth-order valence-electron chi connectivity index (χ4n) is 2.38. The summed E-state index contributed by atoms with van der Waals surface area (Å²) in [6.45, 7) is 1.47. The van der Waals surface area contributed by atoms with Gasteiger partial charge in [0.05, 0.1) is 17.6 Å². The van der Waals surface area contributed by atoms with Gasteiger partial charge < -0.3 is 15.2 Å². The summed E-state index contributed by atoms with van der Waals surface area (Å²) < 4.78 is 0. The predicted octanol–water partition coefficient (Wildman–Crippen LogP) is 2.31. The molecule has 0 unspecified atom stereocenters. The number of nitrogens with zero attached hydrogens (tertiary/aromatic N) is 3. The molecule has 0 aliphatic carbocycles. The van der Waals surface area contributed by atoms with Crippen molar-refractivity contribution in [1.29, 1.82) is 0 Å². The molecule has 0 amide bonds. The van der Waals surface area contributed by atoms with Crippen LogP contribution in [-0.4, -0.2) is 29.0 Å². The molecule has 0 aliphatic heterocycles. The molecule has 0 saturated heterocycles. The molecule has 21 heavy (non-hydrogen) atoms. The second-order valence-corrected chi connectivity index (χ2v) is 5.18. The zero-order valence-electron chi connectivity index (χ0n) is 12.3. The Morgan fingerprint density at radius 2 is 1.95 bits per heavy atom. The Kier molecular flexibility index (Phi) is 3.83. The highest BCUT2D eigenvalue weighted by Gasteiger charge is 2.06. The lowest BCUT2D eigenvalue weighted by molar-refractivity contribution is 0.668. The van der Waals surface area contributed by atoms with Gasteiger partial charge in [-0.15, -0.1) is 0 Å². The molecular formula is C16H19N5. The maximum atomic E-state index is 4.56. The molecule has 5 heteroatoms. The number of para-hydroxylation sites is 2. The van der Waals surface area contributed by atoms with Gasteiger partial charge in [-0.1, -0.05) is 18.2 Å². The number of hydrogen-bond acceptors (Lipinski definition) is 4. The molecule has 0 fully saturated rings. The predicted molar refractivity (Wildman–Crippen MR) is 85.2 cm³/mol. The molecule has 0 bridgehead atoms. The van der Waals surface area contributed by atoms with Crippen LogP contribution in [0.2, 0.25) is 0 Å². The van der Waals surface area contributed by atoms with Gasteiger partial charge in [0.15, 0.2) is 0 Å². The molecule has 0 spiro atoms. The summed E-state index contributed by atoms with van der Waals surface area (Å²) in [5.41, 5.74) is 3.26. The van der Waals surface area contributed by atoms with E-state index in [0.717, 1.165) is 29.2 Å². The fourth-order valence-corrected chi connectivity index (χ4v) is 2.38.